The van der Waals surface area contributed by atoms with Gasteiger partial charge in [-0.25, -0.2) is 18.2 Å². The minimum atomic E-state index is -3.17. The molecule has 2 amide bonds. The van der Waals surface area contributed by atoms with Crippen molar-refractivity contribution in [3.63, 3.8) is 0 Å². The van der Waals surface area contributed by atoms with E-state index in [9.17, 15) is 13.2 Å². The molecule has 1 aromatic rings. The molecule has 0 atom stereocenters. The number of nitrogens with one attached hydrogen (secondary N) is 1. The Morgan fingerprint density at radius 3 is 2.42 bits per heavy atom. The second-order valence-corrected chi connectivity index (χ2v) is 8.94. The summed E-state index contributed by atoms with van der Waals surface area (Å²) in [6.07, 6.45) is 3.56. The fourth-order valence-corrected chi connectivity index (χ4v) is 4.50. The number of hydrogen-bond donors (Lipinski definition) is 1. The van der Waals surface area contributed by atoms with Crippen LogP contribution in [0.15, 0.2) is 24.4 Å². The fourth-order valence-electron chi connectivity index (χ4n) is 3.41. The molecule has 0 unspecified atom stereocenters. The van der Waals surface area contributed by atoms with E-state index >= 15 is 0 Å². The molecule has 26 heavy (non-hydrogen) atoms. The van der Waals surface area contributed by atoms with Crippen LogP contribution in [-0.2, 0) is 10.0 Å². The lowest BCUT2D eigenvalue weighted by Gasteiger charge is -2.37. The van der Waals surface area contributed by atoms with Crippen molar-refractivity contribution in [2.75, 3.05) is 49.9 Å². The number of carbonyl (C=O) groups is 1. The van der Waals surface area contributed by atoms with Crippen molar-refractivity contribution >= 4 is 21.9 Å². The third-order valence-electron chi connectivity index (χ3n) is 5.08. The summed E-state index contributed by atoms with van der Waals surface area (Å²) < 4.78 is 25.3. The highest BCUT2D eigenvalue weighted by molar-refractivity contribution is 7.89. The molecular formula is C17H27N5O3S. The smallest absolute Gasteiger partial charge is 0.317 e. The third-order valence-corrected chi connectivity index (χ3v) is 6.96. The molecule has 2 saturated heterocycles. The van der Waals surface area contributed by atoms with Crippen molar-refractivity contribution in [2.45, 2.75) is 25.8 Å². The van der Waals surface area contributed by atoms with Gasteiger partial charge in [-0.1, -0.05) is 6.07 Å². The monoisotopic (exact) mass is 381 g/mol. The normalized spacial score (nSPS) is 20.2. The van der Waals surface area contributed by atoms with Gasteiger partial charge < -0.3 is 15.1 Å². The van der Waals surface area contributed by atoms with Crippen molar-refractivity contribution in [3.05, 3.63) is 24.4 Å². The molecule has 8 nitrogen and oxygen atoms in total. The second-order valence-electron chi connectivity index (χ2n) is 6.69. The first-order chi connectivity index (χ1) is 12.5. The molecule has 2 fully saturated rings. The number of urea groups is 1. The van der Waals surface area contributed by atoms with E-state index < -0.39 is 10.0 Å². The quantitative estimate of drug-likeness (QED) is 0.831. The highest BCUT2D eigenvalue weighted by atomic mass is 32.2. The standard InChI is InChI=1S/C17H27N5O3S/c1-2-26(24,25)22-13-11-21(12-14-22)17(23)19-15-6-9-20(10-7-15)16-5-3-4-8-18-16/h3-5,8,15H,2,6-7,9-14H2,1H3,(H,19,23). The average Bonchev–Trinajstić information content (AvgIpc) is 2.69. The number of piperidine rings is 1. The summed E-state index contributed by atoms with van der Waals surface area (Å²) in [5.41, 5.74) is 0. The molecular weight excluding hydrogens is 354 g/mol. The average molecular weight is 382 g/mol. The number of anilines is 1. The number of piperazine rings is 1. The molecule has 0 aliphatic carbocycles. The van der Waals surface area contributed by atoms with Gasteiger partial charge in [0.25, 0.3) is 0 Å². The fraction of sp³-hybridized carbons (Fsp3) is 0.647. The number of rotatable bonds is 4. The van der Waals surface area contributed by atoms with Gasteiger partial charge in [0.05, 0.1) is 5.75 Å². The highest BCUT2D eigenvalue weighted by Crippen LogP contribution is 2.17. The largest absolute Gasteiger partial charge is 0.356 e. The SMILES string of the molecule is CCS(=O)(=O)N1CCN(C(=O)NC2CCN(c3ccccn3)CC2)CC1. The predicted molar refractivity (Wildman–Crippen MR) is 101 cm³/mol. The Morgan fingerprint density at radius 2 is 1.85 bits per heavy atom. The van der Waals surface area contributed by atoms with Crippen LogP contribution >= 0.6 is 0 Å². The van der Waals surface area contributed by atoms with Crippen LogP contribution < -0.4 is 10.2 Å². The van der Waals surface area contributed by atoms with Crippen LogP contribution in [0.25, 0.3) is 0 Å². The maximum Gasteiger partial charge on any atom is 0.317 e. The Balaban J connectivity index is 1.44. The number of sulfonamides is 1. The van der Waals surface area contributed by atoms with Crippen molar-refractivity contribution in [1.82, 2.24) is 19.5 Å². The Labute approximate surface area is 155 Å². The maximum atomic E-state index is 12.5. The Kier molecular flexibility index (Phi) is 5.98. The van der Waals surface area contributed by atoms with Crippen LogP contribution in [0.2, 0.25) is 0 Å². The topological polar surface area (TPSA) is 85.8 Å². The zero-order valence-electron chi connectivity index (χ0n) is 15.2. The van der Waals surface area contributed by atoms with E-state index in [2.05, 4.69) is 15.2 Å². The van der Waals surface area contributed by atoms with E-state index in [1.165, 1.54) is 4.31 Å². The van der Waals surface area contributed by atoms with Crippen LogP contribution in [0.1, 0.15) is 19.8 Å². The summed E-state index contributed by atoms with van der Waals surface area (Å²) in [7, 11) is -3.17. The lowest BCUT2D eigenvalue weighted by molar-refractivity contribution is 0.167. The molecule has 0 bridgehead atoms. The highest BCUT2D eigenvalue weighted by Gasteiger charge is 2.29. The van der Waals surface area contributed by atoms with Crippen LogP contribution in [0.4, 0.5) is 10.6 Å². The number of hydrogen-bond acceptors (Lipinski definition) is 5. The molecule has 1 aromatic heterocycles. The minimum absolute atomic E-state index is 0.0881. The van der Waals surface area contributed by atoms with Crippen LogP contribution in [0.3, 0.4) is 0 Å². The van der Waals surface area contributed by atoms with E-state index in [0.29, 0.717) is 26.2 Å². The number of aromatic nitrogens is 1. The van der Waals surface area contributed by atoms with Crippen LogP contribution in [0, 0.1) is 0 Å². The number of carbonyl (C=O) groups excluding carboxylic acids is 1. The summed E-state index contributed by atoms with van der Waals surface area (Å²) in [4.78, 5) is 20.8. The lowest BCUT2D eigenvalue weighted by Crippen LogP contribution is -2.55. The zero-order valence-corrected chi connectivity index (χ0v) is 16.0. The maximum absolute atomic E-state index is 12.5. The second kappa shape index (κ2) is 8.22. The number of amides is 2. The van der Waals surface area contributed by atoms with Crippen molar-refractivity contribution < 1.29 is 13.2 Å². The minimum Gasteiger partial charge on any atom is -0.356 e. The first-order valence-electron chi connectivity index (χ1n) is 9.19. The van der Waals surface area contributed by atoms with Gasteiger partial charge in [-0.05, 0) is 31.9 Å². The van der Waals surface area contributed by atoms with Crippen molar-refractivity contribution in [3.8, 4) is 0 Å². The van der Waals surface area contributed by atoms with Crippen LogP contribution in [0.5, 0.6) is 0 Å². The van der Waals surface area contributed by atoms with Gasteiger partial charge in [0, 0.05) is 51.5 Å². The first kappa shape index (κ1) is 18.9. The first-order valence-corrected chi connectivity index (χ1v) is 10.8. The van der Waals surface area contributed by atoms with Gasteiger partial charge in [0.2, 0.25) is 10.0 Å². The molecule has 3 heterocycles. The molecule has 0 radical (unpaired) electrons. The summed E-state index contributed by atoms with van der Waals surface area (Å²) in [5.74, 6) is 1.08. The van der Waals surface area contributed by atoms with E-state index in [4.69, 9.17) is 0 Å². The van der Waals surface area contributed by atoms with Gasteiger partial charge in [-0.2, -0.15) is 4.31 Å². The molecule has 0 spiro atoms. The van der Waals surface area contributed by atoms with E-state index in [1.807, 2.05) is 18.2 Å². The molecule has 0 saturated carbocycles. The Hall–Kier alpha value is -1.87. The predicted octanol–water partition coefficient (Wildman–Crippen LogP) is 0.727. The van der Waals surface area contributed by atoms with E-state index in [1.54, 1.807) is 18.0 Å². The van der Waals surface area contributed by atoms with Gasteiger partial charge in [-0.3, -0.25) is 0 Å². The summed E-state index contributed by atoms with van der Waals surface area (Å²) in [6, 6.07) is 5.95. The summed E-state index contributed by atoms with van der Waals surface area (Å²) in [5, 5.41) is 3.10. The number of pyridine rings is 1. The Bertz CT molecular complexity index is 696. The van der Waals surface area contributed by atoms with Gasteiger partial charge in [-0.15, -0.1) is 0 Å². The molecule has 9 heteroatoms. The van der Waals surface area contributed by atoms with Crippen molar-refractivity contribution in [1.29, 1.82) is 0 Å². The van der Waals surface area contributed by atoms with Crippen LogP contribution in [-0.4, -0.2) is 79.7 Å². The van der Waals surface area contributed by atoms with Gasteiger partial charge >= 0.3 is 6.03 Å². The summed E-state index contributed by atoms with van der Waals surface area (Å²) >= 11 is 0. The molecule has 144 valence electrons. The van der Waals surface area contributed by atoms with Gasteiger partial charge in [0.1, 0.15) is 5.82 Å². The zero-order chi connectivity index (χ0) is 18.6. The lowest BCUT2D eigenvalue weighted by atomic mass is 10.1. The molecule has 2 aliphatic heterocycles. The van der Waals surface area contributed by atoms with Crippen molar-refractivity contribution in [2.24, 2.45) is 0 Å². The van der Waals surface area contributed by atoms with Gasteiger partial charge in [0.15, 0.2) is 0 Å². The summed E-state index contributed by atoms with van der Waals surface area (Å²) in [6.45, 7) is 5.01. The molecule has 3 rings (SSSR count). The van der Waals surface area contributed by atoms with E-state index in [-0.39, 0.29) is 17.8 Å². The molecule has 1 N–H and O–H groups in total. The number of nitrogens with zero attached hydrogens (tertiary/aromatic N) is 4. The Morgan fingerprint density at radius 1 is 1.15 bits per heavy atom. The molecule has 2 aliphatic rings. The third kappa shape index (κ3) is 4.45. The molecule has 0 aromatic carbocycles. The van der Waals surface area contributed by atoms with E-state index in [0.717, 1.165) is 31.7 Å².